The number of thiophene rings is 1. The summed E-state index contributed by atoms with van der Waals surface area (Å²) in [7, 11) is 0. The van der Waals surface area contributed by atoms with Crippen LogP contribution in [-0.2, 0) is 4.79 Å². The van der Waals surface area contributed by atoms with Crippen LogP contribution in [0.1, 0.15) is 16.8 Å². The van der Waals surface area contributed by atoms with Gasteiger partial charge in [-0.15, -0.1) is 0 Å². The first-order valence-corrected chi connectivity index (χ1v) is 8.02. The van der Waals surface area contributed by atoms with Gasteiger partial charge in [0.2, 0.25) is 5.91 Å². The number of carbonyl (C=O) groups excluding carboxylic acids is 2. The van der Waals surface area contributed by atoms with Crippen molar-refractivity contribution in [2.75, 3.05) is 17.6 Å². The zero-order chi connectivity index (χ0) is 16.1. The lowest BCUT2D eigenvalue weighted by molar-refractivity contribution is -0.116. The first kappa shape index (κ1) is 16.6. The van der Waals surface area contributed by atoms with Crippen LogP contribution in [-0.4, -0.2) is 18.4 Å². The Balaban J connectivity index is 1.82. The average molecular weight is 358 g/mol. The lowest BCUT2D eigenvalue weighted by atomic mass is 10.2. The summed E-state index contributed by atoms with van der Waals surface area (Å²) in [4.78, 5) is 23.5. The van der Waals surface area contributed by atoms with Crippen molar-refractivity contribution in [3.63, 3.8) is 0 Å². The number of amides is 2. The van der Waals surface area contributed by atoms with Crippen molar-refractivity contribution in [2.45, 2.75) is 6.42 Å². The molecule has 0 bridgehead atoms. The topological polar surface area (TPSA) is 84.2 Å². The van der Waals surface area contributed by atoms with E-state index in [1.165, 1.54) is 23.5 Å². The highest BCUT2D eigenvalue weighted by molar-refractivity contribution is 7.08. The van der Waals surface area contributed by atoms with Gasteiger partial charge < -0.3 is 16.4 Å². The van der Waals surface area contributed by atoms with E-state index in [1.807, 2.05) is 5.38 Å². The van der Waals surface area contributed by atoms with Crippen LogP contribution < -0.4 is 16.4 Å². The fourth-order valence-corrected chi connectivity index (χ4v) is 2.79. The van der Waals surface area contributed by atoms with Gasteiger partial charge in [0.25, 0.3) is 5.91 Å². The third-order valence-electron chi connectivity index (χ3n) is 2.78. The lowest BCUT2D eigenvalue weighted by Gasteiger charge is -2.09. The number of halogens is 2. The second-order valence-electron chi connectivity index (χ2n) is 4.42. The molecule has 0 saturated heterocycles. The maximum absolute atomic E-state index is 11.8. The van der Waals surface area contributed by atoms with Crippen molar-refractivity contribution in [3.8, 4) is 0 Å². The smallest absolute Gasteiger partial charge is 0.252 e. The molecule has 2 amide bonds. The normalized spacial score (nSPS) is 10.3. The van der Waals surface area contributed by atoms with Gasteiger partial charge in [0.1, 0.15) is 0 Å². The highest BCUT2D eigenvalue weighted by atomic mass is 35.5. The monoisotopic (exact) mass is 357 g/mol. The van der Waals surface area contributed by atoms with E-state index in [1.54, 1.807) is 11.4 Å². The molecule has 0 aliphatic carbocycles. The van der Waals surface area contributed by atoms with Crippen molar-refractivity contribution in [1.29, 1.82) is 0 Å². The Bertz CT molecular complexity index is 666. The highest BCUT2D eigenvalue weighted by Gasteiger charge is 2.09. The second-order valence-corrected chi connectivity index (χ2v) is 6.01. The molecule has 1 aromatic carbocycles. The summed E-state index contributed by atoms with van der Waals surface area (Å²) in [5.74, 6) is -0.463. The van der Waals surface area contributed by atoms with E-state index in [9.17, 15) is 9.59 Å². The summed E-state index contributed by atoms with van der Waals surface area (Å²) in [5, 5.41) is 9.42. The number of nitrogens with one attached hydrogen (secondary N) is 2. The number of hydrogen-bond donors (Lipinski definition) is 3. The minimum atomic E-state index is -0.262. The van der Waals surface area contributed by atoms with Crippen LogP contribution in [0, 0.1) is 0 Å². The van der Waals surface area contributed by atoms with E-state index in [-0.39, 0.29) is 40.5 Å². The summed E-state index contributed by atoms with van der Waals surface area (Å²) < 4.78 is 0. The van der Waals surface area contributed by atoms with E-state index < -0.39 is 0 Å². The fraction of sp³-hybridized carbons (Fsp3) is 0.143. The van der Waals surface area contributed by atoms with Crippen LogP contribution in [0.5, 0.6) is 0 Å². The summed E-state index contributed by atoms with van der Waals surface area (Å²) in [6.45, 7) is 0.233. The zero-order valence-electron chi connectivity index (χ0n) is 11.4. The Hall–Kier alpha value is -1.76. The van der Waals surface area contributed by atoms with E-state index in [2.05, 4.69) is 10.6 Å². The van der Waals surface area contributed by atoms with Crippen molar-refractivity contribution >= 4 is 57.7 Å². The van der Waals surface area contributed by atoms with Gasteiger partial charge in [-0.2, -0.15) is 11.3 Å². The Morgan fingerprint density at radius 1 is 1.23 bits per heavy atom. The predicted molar refractivity (Wildman–Crippen MR) is 90.8 cm³/mol. The average Bonchev–Trinajstić information content (AvgIpc) is 2.98. The molecule has 0 aliphatic heterocycles. The molecule has 5 nitrogen and oxygen atoms in total. The van der Waals surface area contributed by atoms with Gasteiger partial charge in [0.15, 0.2) is 0 Å². The minimum Gasteiger partial charge on any atom is -0.396 e. The molecule has 0 saturated carbocycles. The lowest BCUT2D eigenvalue weighted by Crippen LogP contribution is -2.27. The van der Waals surface area contributed by atoms with Crippen molar-refractivity contribution in [3.05, 3.63) is 44.6 Å². The molecular formula is C14H13Cl2N3O2S. The highest BCUT2D eigenvalue weighted by Crippen LogP contribution is 2.31. The van der Waals surface area contributed by atoms with E-state index >= 15 is 0 Å². The number of anilines is 2. The molecule has 0 unspecified atom stereocenters. The molecule has 0 radical (unpaired) electrons. The Morgan fingerprint density at radius 2 is 1.91 bits per heavy atom. The molecule has 0 spiro atoms. The van der Waals surface area contributed by atoms with Crippen molar-refractivity contribution < 1.29 is 9.59 Å². The molecule has 22 heavy (non-hydrogen) atoms. The first-order chi connectivity index (χ1) is 10.5. The number of hydrogen-bond acceptors (Lipinski definition) is 4. The molecule has 2 rings (SSSR count). The molecule has 0 aliphatic rings. The molecule has 8 heteroatoms. The molecule has 0 fully saturated rings. The third-order valence-corrected chi connectivity index (χ3v) is 4.09. The van der Waals surface area contributed by atoms with E-state index in [0.29, 0.717) is 11.3 Å². The number of nitrogen functional groups attached to an aromatic ring is 1. The van der Waals surface area contributed by atoms with Crippen LogP contribution >= 0.6 is 34.5 Å². The van der Waals surface area contributed by atoms with Crippen LogP contribution in [0.15, 0.2) is 29.0 Å². The van der Waals surface area contributed by atoms with Gasteiger partial charge in [-0.05, 0) is 23.6 Å². The standard InChI is InChI=1S/C14H13Cl2N3O2S/c15-10-5-9(6-11(16)13(10)17)19-12(20)1-3-18-14(21)8-2-4-22-7-8/h2,4-7H,1,3,17H2,(H,18,21)(H,19,20). The van der Waals surface area contributed by atoms with Gasteiger partial charge in [0, 0.05) is 29.6 Å². The molecule has 1 aromatic heterocycles. The van der Waals surface area contributed by atoms with Gasteiger partial charge in [-0.25, -0.2) is 0 Å². The molecule has 0 atom stereocenters. The summed E-state index contributed by atoms with van der Waals surface area (Å²) in [6, 6.07) is 4.76. The van der Waals surface area contributed by atoms with Gasteiger partial charge in [-0.3, -0.25) is 9.59 Å². The maximum Gasteiger partial charge on any atom is 0.252 e. The third kappa shape index (κ3) is 4.37. The molecule has 4 N–H and O–H groups in total. The van der Waals surface area contributed by atoms with E-state index in [0.717, 1.165) is 0 Å². The zero-order valence-corrected chi connectivity index (χ0v) is 13.7. The molecule has 1 heterocycles. The largest absolute Gasteiger partial charge is 0.396 e. The van der Waals surface area contributed by atoms with Crippen LogP contribution in [0.2, 0.25) is 10.0 Å². The first-order valence-electron chi connectivity index (χ1n) is 6.32. The number of nitrogens with two attached hydrogens (primary N) is 1. The Morgan fingerprint density at radius 3 is 2.50 bits per heavy atom. The summed E-state index contributed by atoms with van der Waals surface area (Å²) in [6.07, 6.45) is 0.134. The van der Waals surface area contributed by atoms with Gasteiger partial charge in [0.05, 0.1) is 15.7 Å². The van der Waals surface area contributed by atoms with Crippen molar-refractivity contribution in [2.24, 2.45) is 0 Å². The van der Waals surface area contributed by atoms with Gasteiger partial charge in [-0.1, -0.05) is 23.2 Å². The molecule has 116 valence electrons. The van der Waals surface area contributed by atoms with Crippen LogP contribution in [0.3, 0.4) is 0 Å². The molecule has 2 aromatic rings. The quantitative estimate of drug-likeness (QED) is 0.717. The summed E-state index contributed by atoms with van der Waals surface area (Å²) >= 11 is 13.2. The van der Waals surface area contributed by atoms with Crippen LogP contribution in [0.25, 0.3) is 0 Å². The maximum atomic E-state index is 11.8. The summed E-state index contributed by atoms with van der Waals surface area (Å²) in [5.41, 5.74) is 6.93. The number of benzene rings is 1. The predicted octanol–water partition coefficient (Wildman–Crippen LogP) is 3.40. The van der Waals surface area contributed by atoms with Gasteiger partial charge >= 0.3 is 0 Å². The van der Waals surface area contributed by atoms with E-state index in [4.69, 9.17) is 28.9 Å². The second kappa shape index (κ2) is 7.49. The number of rotatable bonds is 5. The Kier molecular flexibility index (Phi) is 5.65. The van der Waals surface area contributed by atoms with Crippen molar-refractivity contribution in [1.82, 2.24) is 5.32 Å². The fourth-order valence-electron chi connectivity index (χ4n) is 1.67. The number of carbonyl (C=O) groups is 2. The SMILES string of the molecule is Nc1c(Cl)cc(NC(=O)CCNC(=O)c2ccsc2)cc1Cl. The minimum absolute atomic E-state index is 0.134. The Labute approximate surface area is 141 Å². The van der Waals surface area contributed by atoms with Crippen LogP contribution in [0.4, 0.5) is 11.4 Å². The molecular weight excluding hydrogens is 345 g/mol.